The summed E-state index contributed by atoms with van der Waals surface area (Å²) in [7, 11) is 0. The Labute approximate surface area is 82.1 Å². The van der Waals surface area contributed by atoms with Crippen molar-refractivity contribution >= 4 is 11.8 Å². The number of amides is 2. The van der Waals surface area contributed by atoms with Gasteiger partial charge >= 0.3 is 11.8 Å². The molecule has 0 aromatic carbocycles. The number of ether oxygens (including phenoxy) is 1. The molecule has 0 aliphatic heterocycles. The number of hydrogen-bond donors (Lipinski definition) is 3. The van der Waals surface area contributed by atoms with Crippen molar-refractivity contribution in [2.75, 3.05) is 19.8 Å². The van der Waals surface area contributed by atoms with Crippen LogP contribution in [0.5, 0.6) is 0 Å². The van der Waals surface area contributed by atoms with Crippen LogP contribution in [0.2, 0.25) is 0 Å². The molecule has 0 saturated heterocycles. The van der Waals surface area contributed by atoms with E-state index in [9.17, 15) is 9.59 Å². The van der Waals surface area contributed by atoms with E-state index in [1.807, 2.05) is 0 Å². The normalized spacial score (nSPS) is 14.9. The van der Waals surface area contributed by atoms with Crippen molar-refractivity contribution in [2.45, 2.75) is 12.8 Å². The van der Waals surface area contributed by atoms with Crippen LogP contribution >= 0.6 is 0 Å². The Morgan fingerprint density at radius 1 is 1.36 bits per heavy atom. The van der Waals surface area contributed by atoms with Gasteiger partial charge in [-0.3, -0.25) is 15.0 Å². The van der Waals surface area contributed by atoms with E-state index < -0.39 is 11.8 Å². The molecule has 0 bridgehead atoms. The summed E-state index contributed by atoms with van der Waals surface area (Å²) >= 11 is 0. The minimum absolute atomic E-state index is 0.332. The molecule has 6 heteroatoms. The van der Waals surface area contributed by atoms with E-state index in [1.165, 1.54) is 12.8 Å². The lowest BCUT2D eigenvalue weighted by Crippen LogP contribution is -2.44. The van der Waals surface area contributed by atoms with Crippen LogP contribution in [0, 0.1) is 5.92 Å². The molecular formula is C8H15N3O3. The fourth-order valence-corrected chi connectivity index (χ4v) is 0.917. The van der Waals surface area contributed by atoms with Crippen molar-refractivity contribution in [3.05, 3.63) is 0 Å². The summed E-state index contributed by atoms with van der Waals surface area (Å²) in [6.07, 6.45) is 2.48. The van der Waals surface area contributed by atoms with E-state index in [4.69, 9.17) is 10.6 Å². The molecule has 1 aliphatic carbocycles. The van der Waals surface area contributed by atoms with Crippen molar-refractivity contribution < 1.29 is 14.3 Å². The molecule has 0 heterocycles. The Kier molecular flexibility index (Phi) is 4.34. The van der Waals surface area contributed by atoms with Crippen LogP contribution in [-0.2, 0) is 14.3 Å². The fourth-order valence-electron chi connectivity index (χ4n) is 0.917. The Balaban J connectivity index is 1.91. The lowest BCUT2D eigenvalue weighted by Gasteiger charge is -2.04. The van der Waals surface area contributed by atoms with Gasteiger partial charge in [-0.05, 0) is 18.8 Å². The highest BCUT2D eigenvalue weighted by Crippen LogP contribution is 2.28. The fraction of sp³-hybridized carbons (Fsp3) is 0.750. The molecule has 0 radical (unpaired) electrons. The molecule has 1 aliphatic rings. The van der Waals surface area contributed by atoms with E-state index in [0.29, 0.717) is 19.1 Å². The Bertz CT molecular complexity index is 216. The Hall–Kier alpha value is -1.14. The van der Waals surface area contributed by atoms with Gasteiger partial charge in [-0.1, -0.05) is 0 Å². The van der Waals surface area contributed by atoms with E-state index in [-0.39, 0.29) is 0 Å². The summed E-state index contributed by atoms with van der Waals surface area (Å²) in [6, 6.07) is 0. The molecule has 0 unspecified atom stereocenters. The third-order valence-corrected chi connectivity index (χ3v) is 1.92. The quantitative estimate of drug-likeness (QED) is 0.166. The minimum atomic E-state index is -0.841. The van der Waals surface area contributed by atoms with Crippen LogP contribution in [0.15, 0.2) is 0 Å². The van der Waals surface area contributed by atoms with Crippen LogP contribution in [0.1, 0.15) is 12.8 Å². The van der Waals surface area contributed by atoms with Crippen molar-refractivity contribution in [3.8, 4) is 0 Å². The van der Waals surface area contributed by atoms with E-state index in [1.54, 1.807) is 5.43 Å². The second kappa shape index (κ2) is 5.56. The summed E-state index contributed by atoms with van der Waals surface area (Å²) in [6.45, 7) is 1.51. The molecule has 4 N–H and O–H groups in total. The number of hydrogen-bond acceptors (Lipinski definition) is 4. The average molecular weight is 201 g/mol. The first-order chi connectivity index (χ1) is 6.74. The zero-order valence-corrected chi connectivity index (χ0v) is 7.91. The Morgan fingerprint density at radius 2 is 2.07 bits per heavy atom. The Morgan fingerprint density at radius 3 is 2.64 bits per heavy atom. The first-order valence-electron chi connectivity index (χ1n) is 4.60. The molecule has 14 heavy (non-hydrogen) atoms. The predicted octanol–water partition coefficient (Wildman–Crippen LogP) is -1.48. The van der Waals surface area contributed by atoms with E-state index in [2.05, 4.69) is 5.32 Å². The monoisotopic (exact) mass is 201 g/mol. The van der Waals surface area contributed by atoms with E-state index >= 15 is 0 Å². The number of carbonyl (C=O) groups is 2. The summed E-state index contributed by atoms with van der Waals surface area (Å²) < 4.78 is 5.24. The topological polar surface area (TPSA) is 93.5 Å². The minimum Gasteiger partial charge on any atom is -0.379 e. The van der Waals surface area contributed by atoms with Crippen molar-refractivity contribution in [3.63, 3.8) is 0 Å². The number of rotatable bonds is 5. The summed E-state index contributed by atoms with van der Waals surface area (Å²) in [5, 5.41) is 2.37. The molecule has 2 amide bonds. The second-order valence-electron chi connectivity index (χ2n) is 3.25. The maximum absolute atomic E-state index is 10.8. The SMILES string of the molecule is NNC(=O)C(=O)NCCOCC1CC1. The molecule has 0 atom stereocenters. The van der Waals surface area contributed by atoms with Crippen LogP contribution in [-0.4, -0.2) is 31.6 Å². The van der Waals surface area contributed by atoms with Gasteiger partial charge in [0.25, 0.3) is 0 Å². The maximum Gasteiger partial charge on any atom is 0.323 e. The van der Waals surface area contributed by atoms with Gasteiger partial charge in [0.05, 0.1) is 6.61 Å². The van der Waals surface area contributed by atoms with Gasteiger partial charge in [0.1, 0.15) is 0 Å². The third-order valence-electron chi connectivity index (χ3n) is 1.92. The van der Waals surface area contributed by atoms with Gasteiger partial charge in [0, 0.05) is 13.2 Å². The molecule has 6 nitrogen and oxygen atoms in total. The number of nitrogens with one attached hydrogen (secondary N) is 2. The first kappa shape index (κ1) is 10.9. The molecular weight excluding hydrogens is 186 g/mol. The van der Waals surface area contributed by atoms with Crippen molar-refractivity contribution in [1.29, 1.82) is 0 Å². The molecule has 80 valence electrons. The van der Waals surface area contributed by atoms with Gasteiger partial charge in [-0.2, -0.15) is 0 Å². The molecule has 0 aromatic rings. The summed E-state index contributed by atoms with van der Waals surface area (Å²) in [4.78, 5) is 21.4. The lowest BCUT2D eigenvalue weighted by atomic mass is 10.5. The van der Waals surface area contributed by atoms with Crippen molar-refractivity contribution in [1.82, 2.24) is 10.7 Å². The second-order valence-corrected chi connectivity index (χ2v) is 3.25. The highest BCUT2D eigenvalue weighted by Gasteiger charge is 2.20. The smallest absolute Gasteiger partial charge is 0.323 e. The van der Waals surface area contributed by atoms with Gasteiger partial charge in [-0.15, -0.1) is 0 Å². The zero-order chi connectivity index (χ0) is 10.4. The largest absolute Gasteiger partial charge is 0.379 e. The molecule has 0 spiro atoms. The molecule has 1 fully saturated rings. The average Bonchev–Trinajstić information content (AvgIpc) is 2.99. The number of carbonyl (C=O) groups excluding carboxylic acids is 2. The summed E-state index contributed by atoms with van der Waals surface area (Å²) in [5.41, 5.74) is 1.74. The summed E-state index contributed by atoms with van der Waals surface area (Å²) in [5.74, 6) is 3.89. The van der Waals surface area contributed by atoms with Crippen molar-refractivity contribution in [2.24, 2.45) is 11.8 Å². The molecule has 1 rings (SSSR count). The standard InChI is InChI=1S/C8H15N3O3/c9-11-8(13)7(12)10-3-4-14-5-6-1-2-6/h6H,1-5,9H2,(H,10,12)(H,11,13). The maximum atomic E-state index is 10.8. The highest BCUT2D eigenvalue weighted by atomic mass is 16.5. The van der Waals surface area contributed by atoms with Gasteiger partial charge < -0.3 is 10.1 Å². The molecule has 1 saturated carbocycles. The lowest BCUT2D eigenvalue weighted by molar-refractivity contribution is -0.139. The van der Waals surface area contributed by atoms with Crippen LogP contribution < -0.4 is 16.6 Å². The van der Waals surface area contributed by atoms with Gasteiger partial charge in [0.2, 0.25) is 0 Å². The first-order valence-corrected chi connectivity index (χ1v) is 4.60. The van der Waals surface area contributed by atoms with Gasteiger partial charge in [-0.25, -0.2) is 5.84 Å². The van der Waals surface area contributed by atoms with Gasteiger partial charge in [0.15, 0.2) is 0 Å². The predicted molar refractivity (Wildman–Crippen MR) is 48.9 cm³/mol. The molecule has 0 aromatic heterocycles. The highest BCUT2D eigenvalue weighted by molar-refractivity contribution is 6.34. The van der Waals surface area contributed by atoms with Crippen LogP contribution in [0.3, 0.4) is 0 Å². The van der Waals surface area contributed by atoms with E-state index in [0.717, 1.165) is 6.61 Å². The van der Waals surface area contributed by atoms with Crippen LogP contribution in [0.4, 0.5) is 0 Å². The number of hydrazine groups is 1. The number of nitrogens with two attached hydrogens (primary N) is 1. The third kappa shape index (κ3) is 4.20. The zero-order valence-electron chi connectivity index (χ0n) is 7.91. The van der Waals surface area contributed by atoms with Crippen LogP contribution in [0.25, 0.3) is 0 Å².